The fourth-order valence-corrected chi connectivity index (χ4v) is 2.95. The number of nitrogens with zero attached hydrogens (tertiary/aromatic N) is 1. The average Bonchev–Trinajstić information content (AvgIpc) is 2.47. The first kappa shape index (κ1) is 20.2. The van der Waals surface area contributed by atoms with Crippen LogP contribution in [0.3, 0.4) is 0 Å². The summed E-state index contributed by atoms with van der Waals surface area (Å²) in [6.07, 6.45) is 0.688. The highest BCUT2D eigenvalue weighted by molar-refractivity contribution is 6.30. The van der Waals surface area contributed by atoms with Gasteiger partial charge in [-0.25, -0.2) is 0 Å². The lowest BCUT2D eigenvalue weighted by atomic mass is 9.85. The fraction of sp³-hybridized carbons (Fsp3) is 0.588. The summed E-state index contributed by atoms with van der Waals surface area (Å²) in [6.45, 7) is 9.77. The summed E-state index contributed by atoms with van der Waals surface area (Å²) in [5.74, 6) is 0.0996. The highest BCUT2D eigenvalue weighted by atomic mass is 35.5. The largest absolute Gasteiger partial charge is 0.354 e. The lowest BCUT2D eigenvalue weighted by molar-refractivity contribution is -0.129. The molecule has 1 aliphatic rings. The second kappa shape index (κ2) is 9.48. The molecule has 1 amide bonds. The van der Waals surface area contributed by atoms with Crippen molar-refractivity contribution in [2.24, 2.45) is 5.41 Å². The van der Waals surface area contributed by atoms with Crippen molar-refractivity contribution < 1.29 is 4.79 Å². The second-order valence-corrected chi connectivity index (χ2v) is 6.97. The van der Waals surface area contributed by atoms with Crippen LogP contribution in [0.15, 0.2) is 24.3 Å². The van der Waals surface area contributed by atoms with Gasteiger partial charge in [-0.05, 0) is 24.1 Å². The van der Waals surface area contributed by atoms with E-state index in [1.807, 2.05) is 38.1 Å². The molecule has 1 aliphatic heterocycles. The molecule has 1 aromatic carbocycles. The van der Waals surface area contributed by atoms with E-state index in [0.29, 0.717) is 18.0 Å². The molecule has 0 bridgehead atoms. The Balaban J connectivity index is 0.00000264. The predicted octanol–water partition coefficient (Wildman–Crippen LogP) is 2.35. The third-order valence-corrected chi connectivity index (χ3v) is 4.31. The Kier molecular flexibility index (Phi) is 8.34. The van der Waals surface area contributed by atoms with E-state index in [2.05, 4.69) is 15.5 Å². The van der Waals surface area contributed by atoms with Crippen molar-refractivity contribution >= 4 is 29.9 Å². The highest BCUT2D eigenvalue weighted by Gasteiger charge is 2.27. The van der Waals surface area contributed by atoms with Crippen molar-refractivity contribution in [3.05, 3.63) is 34.9 Å². The van der Waals surface area contributed by atoms with Gasteiger partial charge in [0.25, 0.3) is 0 Å². The van der Waals surface area contributed by atoms with Crippen molar-refractivity contribution in [3.8, 4) is 0 Å². The summed E-state index contributed by atoms with van der Waals surface area (Å²) < 4.78 is 0. The van der Waals surface area contributed by atoms with Crippen molar-refractivity contribution in [2.45, 2.75) is 20.3 Å². The quantitative estimate of drug-likeness (QED) is 0.819. The molecule has 23 heavy (non-hydrogen) atoms. The maximum atomic E-state index is 12.4. The minimum Gasteiger partial charge on any atom is -0.354 e. The minimum absolute atomic E-state index is 0. The number of amides is 1. The molecule has 0 aliphatic carbocycles. The summed E-state index contributed by atoms with van der Waals surface area (Å²) in [6, 6.07) is 7.72. The number of rotatable bonds is 6. The van der Waals surface area contributed by atoms with Crippen LogP contribution in [0.1, 0.15) is 19.4 Å². The van der Waals surface area contributed by atoms with Gasteiger partial charge in [0.2, 0.25) is 5.91 Å². The predicted molar refractivity (Wildman–Crippen MR) is 98.5 cm³/mol. The summed E-state index contributed by atoms with van der Waals surface area (Å²) in [4.78, 5) is 14.8. The number of halogens is 2. The van der Waals surface area contributed by atoms with Gasteiger partial charge in [-0.1, -0.05) is 37.6 Å². The topological polar surface area (TPSA) is 44.4 Å². The molecule has 1 aromatic rings. The SMILES string of the molecule is CC(C)(Cc1cccc(Cl)c1)C(=O)NCCN1CCNCC1.Cl. The van der Waals surface area contributed by atoms with Crippen LogP contribution in [-0.2, 0) is 11.2 Å². The van der Waals surface area contributed by atoms with E-state index in [0.717, 1.165) is 38.3 Å². The molecule has 130 valence electrons. The van der Waals surface area contributed by atoms with Crippen LogP contribution in [0.4, 0.5) is 0 Å². The molecule has 6 heteroatoms. The smallest absolute Gasteiger partial charge is 0.226 e. The van der Waals surface area contributed by atoms with Crippen molar-refractivity contribution in [2.75, 3.05) is 39.3 Å². The zero-order valence-corrected chi connectivity index (χ0v) is 15.5. The molecule has 4 nitrogen and oxygen atoms in total. The van der Waals surface area contributed by atoms with Gasteiger partial charge in [-0.15, -0.1) is 12.4 Å². The molecule has 1 heterocycles. The van der Waals surface area contributed by atoms with E-state index in [4.69, 9.17) is 11.6 Å². The van der Waals surface area contributed by atoms with Gasteiger partial charge < -0.3 is 10.6 Å². The Morgan fingerprint density at radius 2 is 2.04 bits per heavy atom. The van der Waals surface area contributed by atoms with Gasteiger partial charge in [0.05, 0.1) is 0 Å². The number of nitrogens with one attached hydrogen (secondary N) is 2. The highest BCUT2D eigenvalue weighted by Crippen LogP contribution is 2.23. The van der Waals surface area contributed by atoms with E-state index in [1.165, 1.54) is 0 Å². The molecule has 0 atom stereocenters. The molecule has 0 saturated carbocycles. The van der Waals surface area contributed by atoms with Crippen molar-refractivity contribution in [1.82, 2.24) is 15.5 Å². The Morgan fingerprint density at radius 3 is 2.70 bits per heavy atom. The van der Waals surface area contributed by atoms with Crippen LogP contribution in [0, 0.1) is 5.41 Å². The van der Waals surface area contributed by atoms with Crippen LogP contribution in [-0.4, -0.2) is 50.1 Å². The van der Waals surface area contributed by atoms with Crippen molar-refractivity contribution in [3.63, 3.8) is 0 Å². The summed E-state index contributed by atoms with van der Waals surface area (Å²) in [7, 11) is 0. The van der Waals surface area contributed by atoms with Gasteiger partial charge in [-0.2, -0.15) is 0 Å². The lowest BCUT2D eigenvalue weighted by Gasteiger charge is -2.28. The Hall–Kier alpha value is -0.810. The molecule has 0 unspecified atom stereocenters. The van der Waals surface area contributed by atoms with Gasteiger partial charge >= 0.3 is 0 Å². The molecule has 0 aromatic heterocycles. The normalized spacial score (nSPS) is 15.8. The number of carbonyl (C=O) groups excluding carboxylic acids is 1. The van der Waals surface area contributed by atoms with Gasteiger partial charge in [0, 0.05) is 49.7 Å². The summed E-state index contributed by atoms with van der Waals surface area (Å²) in [5, 5.41) is 7.12. The van der Waals surface area contributed by atoms with Crippen LogP contribution in [0.25, 0.3) is 0 Å². The first-order valence-electron chi connectivity index (χ1n) is 7.93. The zero-order valence-electron chi connectivity index (χ0n) is 13.9. The van der Waals surface area contributed by atoms with E-state index < -0.39 is 5.41 Å². The first-order valence-corrected chi connectivity index (χ1v) is 8.31. The fourth-order valence-electron chi connectivity index (χ4n) is 2.74. The third kappa shape index (κ3) is 6.68. The monoisotopic (exact) mass is 359 g/mol. The average molecular weight is 360 g/mol. The zero-order chi connectivity index (χ0) is 16.0. The Morgan fingerprint density at radius 1 is 1.35 bits per heavy atom. The van der Waals surface area contributed by atoms with E-state index >= 15 is 0 Å². The number of hydrogen-bond donors (Lipinski definition) is 2. The van der Waals surface area contributed by atoms with E-state index in [9.17, 15) is 4.79 Å². The molecule has 0 spiro atoms. The minimum atomic E-state index is -0.436. The summed E-state index contributed by atoms with van der Waals surface area (Å²) >= 11 is 6.01. The summed E-state index contributed by atoms with van der Waals surface area (Å²) in [5.41, 5.74) is 0.656. The number of carbonyl (C=O) groups is 1. The van der Waals surface area contributed by atoms with Crippen LogP contribution in [0.2, 0.25) is 5.02 Å². The third-order valence-electron chi connectivity index (χ3n) is 4.07. The second-order valence-electron chi connectivity index (χ2n) is 6.54. The number of piperazine rings is 1. The molecule has 2 rings (SSSR count). The standard InChI is InChI=1S/C17H26ClN3O.ClH/c1-17(2,13-14-4-3-5-15(18)12-14)16(22)20-8-11-21-9-6-19-7-10-21;/h3-5,12,19H,6-11,13H2,1-2H3,(H,20,22);1H. The van der Waals surface area contributed by atoms with Gasteiger partial charge in [0.1, 0.15) is 0 Å². The molecule has 1 fully saturated rings. The van der Waals surface area contributed by atoms with E-state index in [-0.39, 0.29) is 18.3 Å². The maximum absolute atomic E-state index is 12.4. The first-order chi connectivity index (χ1) is 10.5. The number of benzene rings is 1. The lowest BCUT2D eigenvalue weighted by Crippen LogP contribution is -2.47. The maximum Gasteiger partial charge on any atom is 0.226 e. The van der Waals surface area contributed by atoms with Crippen LogP contribution in [0.5, 0.6) is 0 Å². The molecule has 0 radical (unpaired) electrons. The molecular weight excluding hydrogens is 333 g/mol. The molecular formula is C17H27Cl2N3O. The van der Waals surface area contributed by atoms with E-state index in [1.54, 1.807) is 0 Å². The number of hydrogen-bond acceptors (Lipinski definition) is 3. The van der Waals surface area contributed by atoms with Gasteiger partial charge in [0.15, 0.2) is 0 Å². The van der Waals surface area contributed by atoms with Crippen LogP contribution >= 0.6 is 24.0 Å². The van der Waals surface area contributed by atoms with Crippen LogP contribution < -0.4 is 10.6 Å². The molecule has 2 N–H and O–H groups in total. The van der Waals surface area contributed by atoms with Crippen molar-refractivity contribution in [1.29, 1.82) is 0 Å². The van der Waals surface area contributed by atoms with Gasteiger partial charge in [-0.3, -0.25) is 9.69 Å². The Labute approximate surface area is 150 Å². The molecule has 1 saturated heterocycles. The Bertz CT molecular complexity index is 502.